The van der Waals surface area contributed by atoms with Gasteiger partial charge in [0.05, 0.1) is 5.69 Å². The van der Waals surface area contributed by atoms with Crippen LogP contribution in [0.15, 0.2) is 33.7 Å². The second-order valence-corrected chi connectivity index (χ2v) is 5.49. The van der Waals surface area contributed by atoms with Gasteiger partial charge in [-0.05, 0) is 30.4 Å². The monoisotopic (exact) mass is 346 g/mol. The molecule has 0 saturated carbocycles. The highest BCUT2D eigenvalue weighted by Gasteiger charge is 2.14. The molecule has 3 rings (SSSR count). The van der Waals surface area contributed by atoms with Gasteiger partial charge in [0.15, 0.2) is 4.77 Å². The van der Waals surface area contributed by atoms with Crippen molar-refractivity contribution < 1.29 is 0 Å². The molecule has 0 aliphatic carbocycles. The van der Waals surface area contributed by atoms with Crippen molar-refractivity contribution in [3.63, 3.8) is 0 Å². The Bertz CT molecular complexity index is 976. The molecule has 1 aromatic carbocycles. The Kier molecular flexibility index (Phi) is 3.04. The van der Waals surface area contributed by atoms with Crippen LogP contribution >= 0.6 is 28.1 Å². The van der Waals surface area contributed by atoms with Crippen molar-refractivity contribution in [2.45, 2.75) is 0 Å². The summed E-state index contributed by atoms with van der Waals surface area (Å²) in [7, 11) is 0. The molecule has 0 aliphatic heterocycles. The van der Waals surface area contributed by atoms with Gasteiger partial charge in [0.1, 0.15) is 11.6 Å². The average molecular weight is 347 g/mol. The smallest absolute Gasteiger partial charge is 0.270 e. The van der Waals surface area contributed by atoms with Crippen molar-refractivity contribution in [2.75, 3.05) is 0 Å². The predicted molar refractivity (Wildman–Crippen MR) is 82.0 cm³/mol. The van der Waals surface area contributed by atoms with E-state index in [-0.39, 0.29) is 10.3 Å². The third-order valence-electron chi connectivity index (χ3n) is 2.97. The summed E-state index contributed by atoms with van der Waals surface area (Å²) < 4.78 is 1.10. The zero-order valence-electron chi connectivity index (χ0n) is 9.95. The fraction of sp³-hybridized carbons (Fsp3) is 0. The fourth-order valence-electron chi connectivity index (χ4n) is 2.09. The normalized spacial score (nSPS) is 10.6. The zero-order chi connectivity index (χ0) is 14.3. The summed E-state index contributed by atoms with van der Waals surface area (Å²) in [5, 5.41) is 10.1. The molecule has 2 heterocycles. The number of halogens is 1. The third-order valence-corrected chi connectivity index (χ3v) is 3.66. The number of nitrogens with one attached hydrogen (secondary N) is 3. The largest absolute Gasteiger partial charge is 0.360 e. The summed E-state index contributed by atoms with van der Waals surface area (Å²) in [4.78, 5) is 20.2. The summed E-state index contributed by atoms with van der Waals surface area (Å²) in [6.45, 7) is 0. The Morgan fingerprint density at radius 2 is 2.10 bits per heavy atom. The van der Waals surface area contributed by atoms with Crippen LogP contribution in [0.1, 0.15) is 5.56 Å². The number of aromatic nitrogens is 3. The summed E-state index contributed by atoms with van der Waals surface area (Å²) in [5.74, 6) is 0. The van der Waals surface area contributed by atoms with Gasteiger partial charge in [-0.2, -0.15) is 5.26 Å². The summed E-state index contributed by atoms with van der Waals surface area (Å²) in [5.41, 5.74) is 1.59. The van der Waals surface area contributed by atoms with Gasteiger partial charge in [0.2, 0.25) is 0 Å². The Morgan fingerprint density at radius 1 is 1.30 bits per heavy atom. The van der Waals surface area contributed by atoms with E-state index in [0.29, 0.717) is 5.69 Å². The first-order valence-corrected chi connectivity index (χ1v) is 6.84. The van der Waals surface area contributed by atoms with E-state index in [1.54, 1.807) is 6.20 Å². The number of rotatable bonds is 1. The highest BCUT2D eigenvalue weighted by Crippen LogP contribution is 2.30. The predicted octanol–water partition coefficient (Wildman–Crippen LogP) is 3.21. The molecule has 20 heavy (non-hydrogen) atoms. The molecule has 0 bridgehead atoms. The molecule has 0 saturated heterocycles. The van der Waals surface area contributed by atoms with E-state index in [9.17, 15) is 10.1 Å². The highest BCUT2D eigenvalue weighted by molar-refractivity contribution is 9.10. The molecule has 0 amide bonds. The lowest BCUT2D eigenvalue weighted by molar-refractivity contribution is 1.08. The maximum Gasteiger partial charge on any atom is 0.270 e. The molecule has 3 aromatic rings. The lowest BCUT2D eigenvalue weighted by Crippen LogP contribution is -2.13. The van der Waals surface area contributed by atoms with E-state index in [1.807, 2.05) is 24.3 Å². The molecular weight excluding hydrogens is 340 g/mol. The van der Waals surface area contributed by atoms with E-state index in [4.69, 9.17) is 12.2 Å². The van der Waals surface area contributed by atoms with E-state index < -0.39 is 5.56 Å². The number of H-pyrrole nitrogens is 3. The second-order valence-electron chi connectivity index (χ2n) is 4.16. The molecule has 5 nitrogen and oxygen atoms in total. The Balaban J connectivity index is 2.43. The third kappa shape index (κ3) is 1.99. The molecule has 0 aliphatic rings. The van der Waals surface area contributed by atoms with E-state index in [2.05, 4.69) is 30.9 Å². The van der Waals surface area contributed by atoms with Gasteiger partial charge in [0.25, 0.3) is 5.56 Å². The molecule has 2 aromatic heterocycles. The van der Waals surface area contributed by atoms with Crippen molar-refractivity contribution in [2.24, 2.45) is 0 Å². The molecule has 0 radical (unpaired) electrons. The number of fused-ring (bicyclic) bond motifs is 1. The van der Waals surface area contributed by atoms with Crippen molar-refractivity contribution in [3.8, 4) is 17.3 Å². The standard InChI is InChI=1S/C13H7BrN4OS/c14-6-1-2-10-7(3-6)9(5-16-10)11-8(4-15)12(19)18-13(20)17-11/h1-3,5,16H,(H2,17,18,19,20). The first-order valence-electron chi connectivity index (χ1n) is 5.64. The summed E-state index contributed by atoms with van der Waals surface area (Å²) in [6, 6.07) is 7.65. The Hall–Kier alpha value is -2.17. The van der Waals surface area contributed by atoms with Gasteiger partial charge in [-0.15, -0.1) is 0 Å². The van der Waals surface area contributed by atoms with E-state index >= 15 is 0 Å². The van der Waals surface area contributed by atoms with Gasteiger partial charge in [-0.25, -0.2) is 0 Å². The van der Waals surface area contributed by atoms with Gasteiger partial charge in [-0.3, -0.25) is 9.78 Å². The van der Waals surface area contributed by atoms with Crippen LogP contribution in [0, 0.1) is 16.1 Å². The van der Waals surface area contributed by atoms with Crippen LogP contribution in [0.2, 0.25) is 0 Å². The second kappa shape index (κ2) is 4.74. The lowest BCUT2D eigenvalue weighted by atomic mass is 10.1. The number of aromatic amines is 3. The molecule has 0 spiro atoms. The molecule has 0 fully saturated rings. The number of nitrogens with zero attached hydrogens (tertiary/aromatic N) is 1. The maximum atomic E-state index is 11.8. The minimum Gasteiger partial charge on any atom is -0.360 e. The molecular formula is C13H7BrN4OS. The van der Waals surface area contributed by atoms with Crippen molar-refractivity contribution in [3.05, 3.63) is 49.6 Å². The lowest BCUT2D eigenvalue weighted by Gasteiger charge is -2.02. The summed E-state index contributed by atoms with van der Waals surface area (Å²) in [6.07, 6.45) is 1.75. The summed E-state index contributed by atoms with van der Waals surface area (Å²) >= 11 is 8.39. The Morgan fingerprint density at radius 3 is 2.85 bits per heavy atom. The number of benzene rings is 1. The van der Waals surface area contributed by atoms with Crippen molar-refractivity contribution >= 4 is 39.1 Å². The molecule has 3 N–H and O–H groups in total. The highest BCUT2D eigenvalue weighted by atomic mass is 79.9. The first kappa shape index (κ1) is 12.8. The molecule has 0 atom stereocenters. The SMILES string of the molecule is N#Cc1c(-c2c[nH]c3ccc(Br)cc23)[nH]c(=S)[nH]c1=O. The number of hydrogen-bond donors (Lipinski definition) is 3. The van der Waals surface area contributed by atoms with Crippen LogP contribution in [0.4, 0.5) is 0 Å². The van der Waals surface area contributed by atoms with Gasteiger partial charge >= 0.3 is 0 Å². The van der Waals surface area contributed by atoms with E-state index in [0.717, 1.165) is 20.9 Å². The number of nitriles is 1. The van der Waals surface area contributed by atoms with E-state index in [1.165, 1.54) is 0 Å². The fourth-order valence-corrected chi connectivity index (χ4v) is 2.65. The first-order chi connectivity index (χ1) is 9.60. The van der Waals surface area contributed by atoms with Crippen LogP contribution in [-0.4, -0.2) is 15.0 Å². The van der Waals surface area contributed by atoms with Crippen LogP contribution in [0.5, 0.6) is 0 Å². The zero-order valence-corrected chi connectivity index (χ0v) is 12.4. The van der Waals surface area contributed by atoms with Crippen LogP contribution in [0.3, 0.4) is 0 Å². The van der Waals surface area contributed by atoms with Crippen molar-refractivity contribution in [1.29, 1.82) is 5.26 Å². The average Bonchev–Trinajstić information content (AvgIpc) is 2.80. The van der Waals surface area contributed by atoms with Crippen LogP contribution in [-0.2, 0) is 0 Å². The molecule has 98 valence electrons. The van der Waals surface area contributed by atoms with Gasteiger partial charge < -0.3 is 9.97 Å². The topological polar surface area (TPSA) is 88.2 Å². The maximum absolute atomic E-state index is 11.8. The van der Waals surface area contributed by atoms with Crippen LogP contribution < -0.4 is 5.56 Å². The van der Waals surface area contributed by atoms with Gasteiger partial charge in [0, 0.05) is 27.1 Å². The Labute approximate surface area is 126 Å². The van der Waals surface area contributed by atoms with Crippen molar-refractivity contribution in [1.82, 2.24) is 15.0 Å². The van der Waals surface area contributed by atoms with Gasteiger partial charge in [-0.1, -0.05) is 15.9 Å². The van der Waals surface area contributed by atoms with Crippen LogP contribution in [0.25, 0.3) is 22.2 Å². The number of hydrogen-bond acceptors (Lipinski definition) is 3. The quantitative estimate of drug-likeness (QED) is 0.591. The minimum atomic E-state index is -0.490. The minimum absolute atomic E-state index is 0.0134. The molecule has 0 unspecified atom stereocenters. The molecule has 7 heteroatoms.